The van der Waals surface area contributed by atoms with Gasteiger partial charge in [0.25, 0.3) is 5.91 Å². The van der Waals surface area contributed by atoms with Crippen LogP contribution in [0.2, 0.25) is 0 Å². The molecule has 1 aromatic carbocycles. The minimum Gasteiger partial charge on any atom is -0.508 e. The van der Waals surface area contributed by atoms with E-state index in [2.05, 4.69) is 20.8 Å². The molecule has 4 N–H and O–H groups in total. The van der Waals surface area contributed by atoms with Gasteiger partial charge in [0.05, 0.1) is 30.3 Å². The lowest BCUT2D eigenvalue weighted by atomic mass is 9.96. The normalized spacial score (nSPS) is 14.5. The van der Waals surface area contributed by atoms with E-state index in [0.717, 1.165) is 18.8 Å². The van der Waals surface area contributed by atoms with Crippen molar-refractivity contribution >= 4 is 11.6 Å². The van der Waals surface area contributed by atoms with Gasteiger partial charge in [0, 0.05) is 25.1 Å². The van der Waals surface area contributed by atoms with E-state index in [1.807, 2.05) is 0 Å². The molecule has 1 amide bonds. The number of amides is 1. The zero-order valence-electron chi connectivity index (χ0n) is 11.5. The third-order valence-electron chi connectivity index (χ3n) is 3.53. The first-order valence-corrected chi connectivity index (χ1v) is 6.61. The zero-order valence-corrected chi connectivity index (χ0v) is 11.5. The smallest absolute Gasteiger partial charge is 0.259 e. The second-order valence-electron chi connectivity index (χ2n) is 4.89. The van der Waals surface area contributed by atoms with Gasteiger partial charge < -0.3 is 20.5 Å². The van der Waals surface area contributed by atoms with Gasteiger partial charge in [-0.3, -0.25) is 9.89 Å². The molecule has 7 nitrogen and oxygen atoms in total. The van der Waals surface area contributed by atoms with Gasteiger partial charge in [-0.2, -0.15) is 5.10 Å². The van der Waals surface area contributed by atoms with Gasteiger partial charge in [-0.15, -0.1) is 0 Å². The number of anilines is 1. The highest BCUT2D eigenvalue weighted by Crippen LogP contribution is 2.29. The Hall–Kier alpha value is -2.54. The average Bonchev–Trinajstić information content (AvgIpc) is 2.86. The first kappa shape index (κ1) is 13.4. The molecule has 110 valence electrons. The Labute approximate surface area is 121 Å². The summed E-state index contributed by atoms with van der Waals surface area (Å²) in [5.74, 6) is 0.534. The summed E-state index contributed by atoms with van der Waals surface area (Å²) < 4.78 is 5.17. The van der Waals surface area contributed by atoms with Crippen LogP contribution >= 0.6 is 0 Å². The summed E-state index contributed by atoms with van der Waals surface area (Å²) in [7, 11) is 1.51. The number of phenols is 1. The predicted octanol–water partition coefficient (Wildman–Crippen LogP) is 1.06. The lowest BCUT2D eigenvalue weighted by Crippen LogP contribution is -2.41. The van der Waals surface area contributed by atoms with Crippen LogP contribution in [0.4, 0.5) is 5.69 Å². The van der Waals surface area contributed by atoms with Gasteiger partial charge >= 0.3 is 0 Å². The lowest BCUT2D eigenvalue weighted by molar-refractivity contribution is 0.102. The number of rotatable bonds is 4. The summed E-state index contributed by atoms with van der Waals surface area (Å²) in [6.45, 7) is 1.66. The van der Waals surface area contributed by atoms with Gasteiger partial charge in [0.1, 0.15) is 11.5 Å². The summed E-state index contributed by atoms with van der Waals surface area (Å²) in [6, 6.07) is 4.54. The SMILES string of the molecule is COc1ccc(O)cc1NC(=O)c1cn[nH]c1C1CNC1. The molecule has 1 fully saturated rings. The van der Waals surface area contributed by atoms with Crippen LogP contribution in [0.3, 0.4) is 0 Å². The Morgan fingerprint density at radius 1 is 1.48 bits per heavy atom. The minimum atomic E-state index is -0.283. The highest BCUT2D eigenvalue weighted by atomic mass is 16.5. The second kappa shape index (κ2) is 5.45. The van der Waals surface area contributed by atoms with E-state index < -0.39 is 0 Å². The lowest BCUT2D eigenvalue weighted by Gasteiger charge is -2.26. The van der Waals surface area contributed by atoms with Gasteiger partial charge in [0.15, 0.2) is 0 Å². The van der Waals surface area contributed by atoms with E-state index in [4.69, 9.17) is 4.74 Å². The maximum Gasteiger partial charge on any atom is 0.259 e. The van der Waals surface area contributed by atoms with Crippen LogP contribution in [0.5, 0.6) is 11.5 Å². The van der Waals surface area contributed by atoms with Gasteiger partial charge in [-0.05, 0) is 12.1 Å². The largest absolute Gasteiger partial charge is 0.508 e. The molecule has 3 rings (SSSR count). The molecule has 2 aromatic rings. The number of aromatic nitrogens is 2. The van der Waals surface area contributed by atoms with Crippen molar-refractivity contribution in [3.8, 4) is 11.5 Å². The molecular weight excluding hydrogens is 272 g/mol. The second-order valence-corrected chi connectivity index (χ2v) is 4.89. The van der Waals surface area contributed by atoms with Crippen molar-refractivity contribution < 1.29 is 14.6 Å². The van der Waals surface area contributed by atoms with Crippen LogP contribution in [0.15, 0.2) is 24.4 Å². The molecule has 21 heavy (non-hydrogen) atoms. The fourth-order valence-corrected chi connectivity index (χ4v) is 2.26. The van der Waals surface area contributed by atoms with Crippen molar-refractivity contribution in [2.45, 2.75) is 5.92 Å². The Morgan fingerprint density at radius 3 is 2.95 bits per heavy atom. The maximum absolute atomic E-state index is 12.4. The van der Waals surface area contributed by atoms with Crippen molar-refractivity contribution in [2.24, 2.45) is 0 Å². The number of carbonyl (C=O) groups is 1. The first-order valence-electron chi connectivity index (χ1n) is 6.61. The number of hydrogen-bond donors (Lipinski definition) is 4. The molecule has 0 unspecified atom stereocenters. The highest BCUT2D eigenvalue weighted by molar-refractivity contribution is 6.05. The molecule has 1 aromatic heterocycles. The molecule has 0 radical (unpaired) electrons. The fraction of sp³-hybridized carbons (Fsp3) is 0.286. The summed E-state index contributed by atoms with van der Waals surface area (Å²) in [5.41, 5.74) is 1.75. The number of aromatic hydroxyl groups is 1. The average molecular weight is 288 g/mol. The van der Waals surface area contributed by atoms with Gasteiger partial charge in [0.2, 0.25) is 0 Å². The van der Waals surface area contributed by atoms with Gasteiger partial charge in [-0.1, -0.05) is 0 Å². The van der Waals surface area contributed by atoms with Crippen LogP contribution < -0.4 is 15.4 Å². The molecule has 2 heterocycles. The molecule has 0 aliphatic carbocycles. The number of carbonyl (C=O) groups excluding carboxylic acids is 1. The highest BCUT2D eigenvalue weighted by Gasteiger charge is 2.26. The third kappa shape index (κ3) is 2.55. The van der Waals surface area contributed by atoms with E-state index in [-0.39, 0.29) is 17.6 Å². The Morgan fingerprint density at radius 2 is 2.29 bits per heavy atom. The van der Waals surface area contributed by atoms with Gasteiger partial charge in [-0.25, -0.2) is 0 Å². The van der Waals surface area contributed by atoms with Crippen LogP contribution in [-0.2, 0) is 0 Å². The number of ether oxygens (including phenoxy) is 1. The molecule has 1 aliphatic heterocycles. The van der Waals surface area contributed by atoms with Crippen molar-refractivity contribution in [1.82, 2.24) is 15.5 Å². The van der Waals surface area contributed by atoms with E-state index in [9.17, 15) is 9.90 Å². The Balaban J connectivity index is 1.83. The number of H-pyrrole nitrogens is 1. The van der Waals surface area contributed by atoms with Crippen LogP contribution in [0.1, 0.15) is 22.0 Å². The van der Waals surface area contributed by atoms with Crippen molar-refractivity contribution in [3.63, 3.8) is 0 Å². The summed E-state index contributed by atoms with van der Waals surface area (Å²) in [5, 5.41) is 22.3. The number of aromatic amines is 1. The Bertz CT molecular complexity index is 664. The van der Waals surface area contributed by atoms with Crippen LogP contribution in [0.25, 0.3) is 0 Å². The van der Waals surface area contributed by atoms with Crippen LogP contribution in [0, 0.1) is 0 Å². The molecule has 7 heteroatoms. The van der Waals surface area contributed by atoms with Crippen molar-refractivity contribution in [1.29, 1.82) is 0 Å². The van der Waals surface area contributed by atoms with E-state index in [0.29, 0.717) is 17.0 Å². The summed E-state index contributed by atoms with van der Waals surface area (Å²) >= 11 is 0. The number of nitrogens with one attached hydrogen (secondary N) is 3. The first-order chi connectivity index (χ1) is 10.2. The molecule has 0 saturated carbocycles. The number of benzene rings is 1. The maximum atomic E-state index is 12.4. The minimum absolute atomic E-state index is 0.0571. The predicted molar refractivity (Wildman–Crippen MR) is 76.8 cm³/mol. The van der Waals surface area contributed by atoms with Crippen LogP contribution in [-0.4, -0.2) is 41.4 Å². The third-order valence-corrected chi connectivity index (χ3v) is 3.53. The number of hydrogen-bond acceptors (Lipinski definition) is 5. The molecule has 0 bridgehead atoms. The molecule has 1 saturated heterocycles. The molecule has 1 aliphatic rings. The number of methoxy groups -OCH3 is 1. The zero-order chi connectivity index (χ0) is 14.8. The Kier molecular flexibility index (Phi) is 3.49. The quantitative estimate of drug-likeness (QED) is 0.674. The molecule has 0 atom stereocenters. The van der Waals surface area contributed by atoms with E-state index >= 15 is 0 Å². The summed E-state index contributed by atoms with van der Waals surface area (Å²) in [4.78, 5) is 12.4. The number of phenolic OH excluding ortho intramolecular Hbond substituents is 1. The van der Waals surface area contributed by atoms with Crippen molar-refractivity contribution in [2.75, 3.05) is 25.5 Å². The standard InChI is InChI=1S/C14H16N4O3/c1-21-12-3-2-9(19)4-11(12)17-14(20)10-7-16-18-13(10)8-5-15-6-8/h2-4,7-8,15,19H,5-6H2,1H3,(H,16,18)(H,17,20). The monoisotopic (exact) mass is 288 g/mol. The van der Waals surface area contributed by atoms with E-state index in [1.54, 1.807) is 6.07 Å². The topological polar surface area (TPSA) is 99.3 Å². The van der Waals surface area contributed by atoms with E-state index in [1.165, 1.54) is 25.4 Å². The fourth-order valence-electron chi connectivity index (χ4n) is 2.26. The number of nitrogens with zero attached hydrogens (tertiary/aromatic N) is 1. The summed E-state index contributed by atoms with van der Waals surface area (Å²) in [6.07, 6.45) is 1.51. The van der Waals surface area contributed by atoms with Crippen molar-refractivity contribution in [3.05, 3.63) is 35.7 Å². The molecular formula is C14H16N4O3. The molecule has 0 spiro atoms.